The van der Waals surface area contributed by atoms with Crippen molar-refractivity contribution in [2.75, 3.05) is 0 Å². The lowest BCUT2D eigenvalue weighted by molar-refractivity contribution is -0.134. The molecule has 0 amide bonds. The van der Waals surface area contributed by atoms with Gasteiger partial charge in [-0.15, -0.1) is 0 Å². The zero-order valence-corrected chi connectivity index (χ0v) is 8.98. The summed E-state index contributed by atoms with van der Waals surface area (Å²) in [6.07, 6.45) is 1.12. The SMILES string of the molecule is O=C(O)/C=C/C(=O)O.O=C(O)c1ccccc1O. The van der Waals surface area contributed by atoms with E-state index < -0.39 is 17.9 Å². The summed E-state index contributed by atoms with van der Waals surface area (Å²) < 4.78 is 0. The summed E-state index contributed by atoms with van der Waals surface area (Å²) >= 11 is 0. The summed E-state index contributed by atoms with van der Waals surface area (Å²) in [6, 6.07) is 5.81. The number of hydrogen-bond donors (Lipinski definition) is 4. The minimum absolute atomic E-state index is 0.0671. The van der Waals surface area contributed by atoms with Crippen molar-refractivity contribution < 1.29 is 34.8 Å². The van der Waals surface area contributed by atoms with Crippen molar-refractivity contribution in [3.63, 3.8) is 0 Å². The molecule has 4 N–H and O–H groups in total. The number of hydrogen-bond acceptors (Lipinski definition) is 4. The van der Waals surface area contributed by atoms with Gasteiger partial charge in [-0.2, -0.15) is 0 Å². The number of rotatable bonds is 3. The molecule has 0 atom stereocenters. The first-order valence-corrected chi connectivity index (χ1v) is 4.49. The van der Waals surface area contributed by atoms with Gasteiger partial charge in [0.25, 0.3) is 0 Å². The quantitative estimate of drug-likeness (QED) is 0.586. The average Bonchev–Trinajstić information content (AvgIpc) is 2.27. The molecule has 0 aliphatic heterocycles. The molecule has 1 rings (SSSR count). The number of benzene rings is 1. The van der Waals surface area contributed by atoms with E-state index in [0.29, 0.717) is 12.2 Å². The number of carbonyl (C=O) groups is 3. The Balaban J connectivity index is 0.000000331. The Hall–Kier alpha value is -2.83. The maximum absolute atomic E-state index is 10.3. The van der Waals surface area contributed by atoms with Crippen LogP contribution in [0.2, 0.25) is 0 Å². The standard InChI is InChI=1S/C7H6O3.C4H4O4/c8-6-4-2-1-3-5(6)7(9)10;5-3(6)1-2-4(7)8/h1-4,8H,(H,9,10);1-2H,(H,5,6)(H,7,8)/b;2-1+. The summed E-state index contributed by atoms with van der Waals surface area (Å²) in [4.78, 5) is 29.4. The van der Waals surface area contributed by atoms with Crippen LogP contribution >= 0.6 is 0 Å². The van der Waals surface area contributed by atoms with Crippen LogP contribution in [0.25, 0.3) is 0 Å². The van der Waals surface area contributed by atoms with Crippen LogP contribution in [0.15, 0.2) is 36.4 Å². The van der Waals surface area contributed by atoms with E-state index in [2.05, 4.69) is 0 Å². The molecule has 18 heavy (non-hydrogen) atoms. The Morgan fingerprint density at radius 3 is 1.61 bits per heavy atom. The van der Waals surface area contributed by atoms with E-state index in [1.807, 2.05) is 0 Å². The first kappa shape index (κ1) is 15.2. The van der Waals surface area contributed by atoms with Crippen molar-refractivity contribution >= 4 is 17.9 Å². The van der Waals surface area contributed by atoms with E-state index in [1.165, 1.54) is 12.1 Å². The normalized spacial score (nSPS) is 9.33. The second kappa shape index (κ2) is 7.44. The number of phenols is 1. The van der Waals surface area contributed by atoms with Gasteiger partial charge in [-0.05, 0) is 12.1 Å². The van der Waals surface area contributed by atoms with Gasteiger partial charge in [0.05, 0.1) is 0 Å². The third kappa shape index (κ3) is 6.62. The molecule has 96 valence electrons. The monoisotopic (exact) mass is 254 g/mol. The molecule has 0 spiro atoms. The summed E-state index contributed by atoms with van der Waals surface area (Å²) in [5.74, 6) is -3.83. The molecule has 0 saturated carbocycles. The highest BCUT2D eigenvalue weighted by Gasteiger charge is 2.05. The second-order valence-electron chi connectivity index (χ2n) is 2.83. The third-order valence-electron chi connectivity index (χ3n) is 1.50. The molecule has 7 nitrogen and oxygen atoms in total. The van der Waals surface area contributed by atoms with Crippen molar-refractivity contribution in [3.05, 3.63) is 42.0 Å². The van der Waals surface area contributed by atoms with Gasteiger partial charge in [-0.3, -0.25) is 0 Å². The van der Waals surface area contributed by atoms with Crippen molar-refractivity contribution in [2.45, 2.75) is 0 Å². The minimum Gasteiger partial charge on any atom is -0.507 e. The van der Waals surface area contributed by atoms with Crippen LogP contribution in [0.3, 0.4) is 0 Å². The highest BCUT2D eigenvalue weighted by atomic mass is 16.4. The van der Waals surface area contributed by atoms with Crippen LogP contribution in [-0.2, 0) is 9.59 Å². The zero-order chi connectivity index (χ0) is 14.1. The fraction of sp³-hybridized carbons (Fsp3) is 0. The molecule has 0 bridgehead atoms. The lowest BCUT2D eigenvalue weighted by Gasteiger charge is -1.95. The number of aromatic hydroxyl groups is 1. The van der Waals surface area contributed by atoms with Gasteiger partial charge >= 0.3 is 17.9 Å². The van der Waals surface area contributed by atoms with Gasteiger partial charge in [0.2, 0.25) is 0 Å². The predicted octanol–water partition coefficient (Wildman–Crippen LogP) is 0.802. The van der Waals surface area contributed by atoms with Crippen molar-refractivity contribution in [2.24, 2.45) is 0 Å². The molecule has 7 heteroatoms. The van der Waals surface area contributed by atoms with Crippen LogP contribution in [-0.4, -0.2) is 38.3 Å². The first-order valence-electron chi connectivity index (χ1n) is 4.49. The highest BCUT2D eigenvalue weighted by molar-refractivity contribution is 5.90. The summed E-state index contributed by atoms with van der Waals surface area (Å²) in [6.45, 7) is 0. The maximum Gasteiger partial charge on any atom is 0.339 e. The molecule has 1 aromatic rings. The van der Waals surface area contributed by atoms with Gasteiger partial charge in [-0.25, -0.2) is 14.4 Å². The number of carboxylic acids is 3. The zero-order valence-electron chi connectivity index (χ0n) is 8.98. The lowest BCUT2D eigenvalue weighted by Crippen LogP contribution is -1.95. The topological polar surface area (TPSA) is 132 Å². The summed E-state index contributed by atoms with van der Waals surface area (Å²) in [5, 5.41) is 32.9. The molecular weight excluding hydrogens is 244 g/mol. The van der Waals surface area contributed by atoms with Crippen molar-refractivity contribution in [1.82, 2.24) is 0 Å². The van der Waals surface area contributed by atoms with Gasteiger partial charge in [0.1, 0.15) is 11.3 Å². The van der Waals surface area contributed by atoms with Gasteiger partial charge in [0.15, 0.2) is 0 Å². The van der Waals surface area contributed by atoms with E-state index >= 15 is 0 Å². The smallest absolute Gasteiger partial charge is 0.339 e. The van der Waals surface area contributed by atoms with Crippen LogP contribution in [0.5, 0.6) is 5.75 Å². The third-order valence-corrected chi connectivity index (χ3v) is 1.50. The predicted molar refractivity (Wildman–Crippen MR) is 59.5 cm³/mol. The lowest BCUT2D eigenvalue weighted by atomic mass is 10.2. The van der Waals surface area contributed by atoms with Gasteiger partial charge in [-0.1, -0.05) is 12.1 Å². The summed E-state index contributed by atoms with van der Waals surface area (Å²) in [5.41, 5.74) is -0.0671. The molecule has 0 heterocycles. The van der Waals surface area contributed by atoms with E-state index in [9.17, 15) is 14.4 Å². The molecule has 0 aliphatic carbocycles. The Kier molecular flexibility index (Phi) is 6.27. The molecule has 0 fully saturated rings. The van der Waals surface area contributed by atoms with E-state index in [-0.39, 0.29) is 11.3 Å². The van der Waals surface area contributed by atoms with Crippen molar-refractivity contribution in [3.8, 4) is 5.75 Å². The van der Waals surface area contributed by atoms with Crippen LogP contribution in [0.4, 0.5) is 0 Å². The number of para-hydroxylation sites is 1. The summed E-state index contributed by atoms with van der Waals surface area (Å²) in [7, 11) is 0. The maximum atomic E-state index is 10.3. The minimum atomic E-state index is -1.26. The second-order valence-corrected chi connectivity index (χ2v) is 2.83. The molecule has 0 saturated heterocycles. The van der Waals surface area contributed by atoms with Gasteiger partial charge < -0.3 is 20.4 Å². The molecule has 0 radical (unpaired) electrons. The van der Waals surface area contributed by atoms with Crippen LogP contribution < -0.4 is 0 Å². The molecule has 0 aromatic heterocycles. The van der Waals surface area contributed by atoms with Crippen molar-refractivity contribution in [1.29, 1.82) is 0 Å². The fourth-order valence-electron chi connectivity index (χ4n) is 0.797. The van der Waals surface area contributed by atoms with E-state index in [0.717, 1.165) is 0 Å². The Morgan fingerprint density at radius 1 is 0.889 bits per heavy atom. The van der Waals surface area contributed by atoms with E-state index in [4.69, 9.17) is 20.4 Å². The Bertz CT molecular complexity index is 460. The highest BCUT2D eigenvalue weighted by Crippen LogP contribution is 2.14. The number of carboxylic acid groups (broad SMARTS) is 3. The fourth-order valence-corrected chi connectivity index (χ4v) is 0.797. The molecular formula is C11H10O7. The van der Waals surface area contributed by atoms with Crippen LogP contribution in [0.1, 0.15) is 10.4 Å². The molecule has 1 aromatic carbocycles. The Labute approximate surface area is 101 Å². The average molecular weight is 254 g/mol. The van der Waals surface area contributed by atoms with Gasteiger partial charge in [0, 0.05) is 12.2 Å². The first-order chi connectivity index (χ1) is 8.34. The van der Waals surface area contributed by atoms with Crippen LogP contribution in [0, 0.1) is 0 Å². The number of aliphatic carboxylic acids is 2. The Morgan fingerprint density at radius 2 is 1.33 bits per heavy atom. The van der Waals surface area contributed by atoms with E-state index in [1.54, 1.807) is 12.1 Å². The molecule has 0 aliphatic rings. The molecule has 0 unspecified atom stereocenters. The largest absolute Gasteiger partial charge is 0.507 e. The number of aromatic carboxylic acids is 1.